The molecule has 2 rings (SSSR count). The van der Waals surface area contributed by atoms with Gasteiger partial charge in [-0.05, 0) is 23.6 Å². The molecule has 2 aromatic heterocycles. The molecule has 0 amide bonds. The Balaban J connectivity index is 2.49. The van der Waals surface area contributed by atoms with Gasteiger partial charge in [0.05, 0.1) is 0 Å². The molecule has 0 aliphatic rings. The number of hydrogen-bond donors (Lipinski definition) is 1. The predicted molar refractivity (Wildman–Crippen MR) is 61.1 cm³/mol. The van der Waals surface area contributed by atoms with Crippen molar-refractivity contribution in [2.24, 2.45) is 5.73 Å². The van der Waals surface area contributed by atoms with Crippen LogP contribution in [0.25, 0.3) is 5.82 Å². The van der Waals surface area contributed by atoms with Gasteiger partial charge < -0.3 is 5.73 Å². The lowest BCUT2D eigenvalue weighted by molar-refractivity contribution is 0.776. The molecule has 0 radical (unpaired) electrons. The molecule has 0 saturated heterocycles. The summed E-state index contributed by atoms with van der Waals surface area (Å²) in [5.74, 6) is 1.14. The number of nitrogens with two attached hydrogens (primary N) is 1. The van der Waals surface area contributed by atoms with E-state index in [2.05, 4.69) is 28.9 Å². The topological polar surface area (TPSA) is 69.6 Å². The number of hydrogen-bond acceptors (Lipinski definition) is 4. The van der Waals surface area contributed by atoms with Crippen LogP contribution in [-0.4, -0.2) is 19.7 Å². The number of rotatable bonds is 3. The van der Waals surface area contributed by atoms with Crippen LogP contribution in [0.15, 0.2) is 24.8 Å². The van der Waals surface area contributed by atoms with Crippen LogP contribution in [0.2, 0.25) is 0 Å². The van der Waals surface area contributed by atoms with Crippen molar-refractivity contribution in [1.29, 1.82) is 0 Å². The average Bonchev–Trinajstić information content (AvgIpc) is 2.81. The summed E-state index contributed by atoms with van der Waals surface area (Å²) < 4.78 is 1.64. The zero-order valence-corrected chi connectivity index (χ0v) is 9.46. The van der Waals surface area contributed by atoms with E-state index in [1.807, 2.05) is 12.1 Å². The molecular weight excluding hydrogens is 202 g/mol. The Hall–Kier alpha value is -1.75. The van der Waals surface area contributed by atoms with Crippen molar-refractivity contribution in [3.05, 3.63) is 36.0 Å². The Morgan fingerprint density at radius 3 is 2.75 bits per heavy atom. The van der Waals surface area contributed by atoms with E-state index < -0.39 is 0 Å². The lowest BCUT2D eigenvalue weighted by Crippen LogP contribution is -2.06. The second-order valence-electron chi connectivity index (χ2n) is 3.96. The van der Waals surface area contributed by atoms with E-state index in [1.165, 1.54) is 6.33 Å². The van der Waals surface area contributed by atoms with Crippen molar-refractivity contribution in [3.8, 4) is 5.82 Å². The average molecular weight is 217 g/mol. The number of aromatic nitrogens is 4. The summed E-state index contributed by atoms with van der Waals surface area (Å²) in [6.07, 6.45) is 3.12. The van der Waals surface area contributed by atoms with Gasteiger partial charge in [-0.3, -0.25) is 0 Å². The molecular formula is C11H15N5. The number of pyridine rings is 1. The zero-order chi connectivity index (χ0) is 11.5. The molecule has 2 aromatic rings. The smallest absolute Gasteiger partial charge is 0.155 e. The summed E-state index contributed by atoms with van der Waals surface area (Å²) in [6, 6.07) is 3.96. The van der Waals surface area contributed by atoms with Gasteiger partial charge in [0.2, 0.25) is 0 Å². The molecule has 84 valence electrons. The molecule has 0 aromatic carbocycles. The van der Waals surface area contributed by atoms with Crippen molar-refractivity contribution in [3.63, 3.8) is 0 Å². The Labute approximate surface area is 94.3 Å². The largest absolute Gasteiger partial charge is 0.326 e. The Bertz CT molecular complexity index is 461. The van der Waals surface area contributed by atoms with Gasteiger partial charge in [-0.2, -0.15) is 5.10 Å². The maximum atomic E-state index is 5.67. The molecule has 0 unspecified atom stereocenters. The number of nitrogens with zero attached hydrogens (tertiary/aromatic N) is 4. The van der Waals surface area contributed by atoms with E-state index in [4.69, 9.17) is 5.73 Å². The fraction of sp³-hybridized carbons (Fsp3) is 0.364. The third kappa shape index (κ3) is 2.09. The lowest BCUT2D eigenvalue weighted by atomic mass is 10.1. The fourth-order valence-electron chi connectivity index (χ4n) is 1.45. The van der Waals surface area contributed by atoms with Crippen LogP contribution < -0.4 is 5.73 Å². The summed E-state index contributed by atoms with van der Waals surface area (Å²) in [6.45, 7) is 4.71. The summed E-state index contributed by atoms with van der Waals surface area (Å²) in [4.78, 5) is 8.44. The van der Waals surface area contributed by atoms with Gasteiger partial charge in [0, 0.05) is 12.2 Å². The highest BCUT2D eigenvalue weighted by Crippen LogP contribution is 2.16. The molecule has 0 bridgehead atoms. The van der Waals surface area contributed by atoms with E-state index in [0.29, 0.717) is 12.5 Å². The van der Waals surface area contributed by atoms with Crippen molar-refractivity contribution in [1.82, 2.24) is 19.7 Å². The van der Waals surface area contributed by atoms with Gasteiger partial charge in [-0.15, -0.1) is 0 Å². The second-order valence-corrected chi connectivity index (χ2v) is 3.96. The predicted octanol–water partition coefficient (Wildman–Crippen LogP) is 1.24. The van der Waals surface area contributed by atoms with Crippen LogP contribution in [-0.2, 0) is 6.54 Å². The van der Waals surface area contributed by atoms with Crippen LogP contribution in [0.3, 0.4) is 0 Å². The van der Waals surface area contributed by atoms with Crippen molar-refractivity contribution >= 4 is 0 Å². The quantitative estimate of drug-likeness (QED) is 0.839. The Morgan fingerprint density at radius 2 is 2.19 bits per heavy atom. The molecule has 0 spiro atoms. The maximum Gasteiger partial charge on any atom is 0.155 e. The van der Waals surface area contributed by atoms with E-state index in [0.717, 1.165) is 17.1 Å². The van der Waals surface area contributed by atoms with Crippen LogP contribution in [0, 0.1) is 0 Å². The minimum Gasteiger partial charge on any atom is -0.326 e. The van der Waals surface area contributed by atoms with Gasteiger partial charge in [0.25, 0.3) is 0 Å². The molecule has 2 N–H and O–H groups in total. The van der Waals surface area contributed by atoms with E-state index in [9.17, 15) is 0 Å². The van der Waals surface area contributed by atoms with E-state index in [-0.39, 0.29) is 0 Å². The van der Waals surface area contributed by atoms with Gasteiger partial charge >= 0.3 is 0 Å². The molecule has 0 atom stereocenters. The molecule has 0 aliphatic carbocycles. The van der Waals surface area contributed by atoms with Gasteiger partial charge in [0.15, 0.2) is 5.82 Å². The van der Waals surface area contributed by atoms with E-state index >= 15 is 0 Å². The molecule has 5 heteroatoms. The third-order valence-electron chi connectivity index (χ3n) is 2.37. The molecule has 5 nitrogen and oxygen atoms in total. The van der Waals surface area contributed by atoms with Crippen LogP contribution in [0.1, 0.15) is 31.0 Å². The zero-order valence-electron chi connectivity index (χ0n) is 9.46. The lowest BCUT2D eigenvalue weighted by Gasteiger charge is -2.09. The second kappa shape index (κ2) is 4.40. The monoisotopic (exact) mass is 217 g/mol. The first-order valence-electron chi connectivity index (χ1n) is 5.26. The van der Waals surface area contributed by atoms with Crippen molar-refractivity contribution in [2.45, 2.75) is 26.3 Å². The summed E-state index contributed by atoms with van der Waals surface area (Å²) in [5, 5.41) is 4.06. The highest BCUT2D eigenvalue weighted by Gasteiger charge is 2.07. The van der Waals surface area contributed by atoms with Gasteiger partial charge in [-0.25, -0.2) is 14.6 Å². The maximum absolute atomic E-state index is 5.67. The van der Waals surface area contributed by atoms with Gasteiger partial charge in [0.1, 0.15) is 12.7 Å². The summed E-state index contributed by atoms with van der Waals surface area (Å²) in [7, 11) is 0. The highest BCUT2D eigenvalue weighted by molar-refractivity contribution is 5.31. The van der Waals surface area contributed by atoms with Crippen LogP contribution >= 0.6 is 0 Å². The van der Waals surface area contributed by atoms with E-state index in [1.54, 1.807) is 11.0 Å². The highest BCUT2D eigenvalue weighted by atomic mass is 15.3. The van der Waals surface area contributed by atoms with Gasteiger partial charge in [-0.1, -0.05) is 13.8 Å². The molecule has 2 heterocycles. The fourth-order valence-corrected chi connectivity index (χ4v) is 1.45. The molecule has 0 fully saturated rings. The molecule has 16 heavy (non-hydrogen) atoms. The first-order chi connectivity index (χ1) is 7.70. The normalized spacial score (nSPS) is 11.0. The molecule has 0 aliphatic heterocycles. The molecule has 0 saturated carbocycles. The Morgan fingerprint density at radius 1 is 1.38 bits per heavy atom. The Kier molecular flexibility index (Phi) is 2.96. The van der Waals surface area contributed by atoms with Crippen LogP contribution in [0.5, 0.6) is 0 Å². The minimum absolute atomic E-state index is 0.369. The summed E-state index contributed by atoms with van der Waals surface area (Å²) in [5.41, 5.74) is 7.75. The SMILES string of the molecule is CC(C)c1cc(CN)cc(-n2cncn2)n1. The van der Waals surface area contributed by atoms with Crippen molar-refractivity contribution < 1.29 is 0 Å². The minimum atomic E-state index is 0.369. The first-order valence-corrected chi connectivity index (χ1v) is 5.26. The van der Waals surface area contributed by atoms with Crippen LogP contribution in [0.4, 0.5) is 0 Å². The summed E-state index contributed by atoms with van der Waals surface area (Å²) >= 11 is 0. The third-order valence-corrected chi connectivity index (χ3v) is 2.37. The first kappa shape index (κ1) is 10.8. The van der Waals surface area contributed by atoms with Crippen molar-refractivity contribution in [2.75, 3.05) is 0 Å². The standard InChI is InChI=1S/C11H15N5/c1-8(2)10-3-9(5-12)4-11(15-10)16-7-13-6-14-16/h3-4,6-8H,5,12H2,1-2H3.